The molecule has 1 aromatic rings. The molecule has 2 heteroatoms. The van der Waals surface area contributed by atoms with Gasteiger partial charge in [0.25, 0.3) is 0 Å². The molecule has 2 saturated heterocycles. The molecule has 0 saturated carbocycles. The molecular weight excluding hydrogens is 268 g/mol. The summed E-state index contributed by atoms with van der Waals surface area (Å²) >= 11 is 0. The van der Waals surface area contributed by atoms with Crippen molar-refractivity contribution >= 4 is 0 Å². The van der Waals surface area contributed by atoms with Crippen LogP contribution >= 0.6 is 0 Å². The largest absolute Gasteiger partial charge is 0.301 e. The summed E-state index contributed by atoms with van der Waals surface area (Å²) in [5.74, 6) is 0.870. The molecule has 0 radical (unpaired) electrons. The molecule has 2 fully saturated rings. The average Bonchev–Trinajstić information content (AvgIpc) is 2.88. The molecule has 22 heavy (non-hydrogen) atoms. The normalized spacial score (nSPS) is 29.5. The molecule has 122 valence electrons. The molecule has 0 spiro atoms. The summed E-state index contributed by atoms with van der Waals surface area (Å²) in [5, 5.41) is 3.81. The van der Waals surface area contributed by atoms with Crippen LogP contribution in [-0.2, 0) is 6.42 Å². The van der Waals surface area contributed by atoms with Crippen LogP contribution in [0.25, 0.3) is 0 Å². The zero-order chi connectivity index (χ0) is 15.6. The van der Waals surface area contributed by atoms with Crippen molar-refractivity contribution in [1.29, 1.82) is 0 Å². The summed E-state index contributed by atoms with van der Waals surface area (Å²) in [4.78, 5) is 2.80. The smallest absolute Gasteiger partial charge is 0.0629 e. The Hall–Kier alpha value is -0.860. The number of likely N-dealkylation sites (tertiary alicyclic amines) is 1. The van der Waals surface area contributed by atoms with E-state index >= 15 is 0 Å². The highest BCUT2D eigenvalue weighted by atomic mass is 15.3. The first kappa shape index (κ1) is 16.0. The number of aryl methyl sites for hydroxylation is 1. The second kappa shape index (κ2) is 6.72. The lowest BCUT2D eigenvalue weighted by Crippen LogP contribution is -2.52. The number of fused-ring (bicyclic) bond motifs is 1. The summed E-state index contributed by atoms with van der Waals surface area (Å²) in [5.41, 5.74) is 1.85. The predicted octanol–water partition coefficient (Wildman–Crippen LogP) is 4.07. The third-order valence-corrected chi connectivity index (χ3v) is 5.56. The van der Waals surface area contributed by atoms with Crippen molar-refractivity contribution in [1.82, 2.24) is 10.2 Å². The lowest BCUT2D eigenvalue weighted by molar-refractivity contribution is 0.0811. The van der Waals surface area contributed by atoms with Gasteiger partial charge >= 0.3 is 0 Å². The zero-order valence-electron chi connectivity index (χ0n) is 14.5. The summed E-state index contributed by atoms with van der Waals surface area (Å²) in [6.07, 6.45) is 7.25. The van der Waals surface area contributed by atoms with E-state index in [-0.39, 0.29) is 0 Å². The molecule has 0 amide bonds. The zero-order valence-corrected chi connectivity index (χ0v) is 14.5. The fourth-order valence-corrected chi connectivity index (χ4v) is 4.45. The Morgan fingerprint density at radius 1 is 1.18 bits per heavy atom. The number of nitrogens with zero attached hydrogens (tertiary/aromatic N) is 1. The molecule has 2 heterocycles. The molecule has 2 aliphatic heterocycles. The van der Waals surface area contributed by atoms with Gasteiger partial charge in [-0.15, -0.1) is 0 Å². The van der Waals surface area contributed by atoms with Crippen LogP contribution in [0.4, 0.5) is 0 Å². The minimum atomic E-state index is 0.381. The Morgan fingerprint density at radius 3 is 2.68 bits per heavy atom. The van der Waals surface area contributed by atoms with Gasteiger partial charge in [0.2, 0.25) is 0 Å². The van der Waals surface area contributed by atoms with Gasteiger partial charge in [-0.2, -0.15) is 0 Å². The number of hydrogen-bond donors (Lipinski definition) is 1. The Morgan fingerprint density at radius 2 is 1.95 bits per heavy atom. The van der Waals surface area contributed by atoms with Gasteiger partial charge in [-0.1, -0.05) is 51.1 Å². The fourth-order valence-electron chi connectivity index (χ4n) is 4.45. The van der Waals surface area contributed by atoms with Gasteiger partial charge in [0.1, 0.15) is 0 Å². The van der Waals surface area contributed by atoms with Gasteiger partial charge in [-0.05, 0) is 55.5 Å². The fraction of sp³-hybridized carbons (Fsp3) is 0.700. The van der Waals surface area contributed by atoms with Crippen LogP contribution in [0.2, 0.25) is 0 Å². The van der Waals surface area contributed by atoms with Crippen LogP contribution in [0.15, 0.2) is 30.3 Å². The monoisotopic (exact) mass is 300 g/mol. The van der Waals surface area contributed by atoms with E-state index in [1.165, 1.54) is 50.8 Å². The van der Waals surface area contributed by atoms with Crippen LogP contribution in [-0.4, -0.2) is 30.2 Å². The van der Waals surface area contributed by atoms with E-state index in [4.69, 9.17) is 0 Å². The van der Waals surface area contributed by atoms with E-state index in [9.17, 15) is 0 Å². The molecule has 0 aromatic heterocycles. The number of nitrogens with one attached hydrogen (secondary N) is 1. The summed E-state index contributed by atoms with van der Waals surface area (Å²) in [7, 11) is 0. The molecule has 2 aliphatic rings. The van der Waals surface area contributed by atoms with Gasteiger partial charge < -0.3 is 5.32 Å². The van der Waals surface area contributed by atoms with Crippen molar-refractivity contribution in [3.05, 3.63) is 35.9 Å². The van der Waals surface area contributed by atoms with Gasteiger partial charge in [-0.3, -0.25) is 4.90 Å². The molecule has 0 bridgehead atoms. The van der Waals surface area contributed by atoms with Gasteiger partial charge in [0.15, 0.2) is 0 Å². The highest BCUT2D eigenvalue weighted by Crippen LogP contribution is 2.41. The van der Waals surface area contributed by atoms with Crippen molar-refractivity contribution in [3.8, 4) is 0 Å². The molecule has 0 aliphatic carbocycles. The lowest BCUT2D eigenvalue weighted by Gasteiger charge is -2.39. The molecular formula is C20H32N2. The summed E-state index contributed by atoms with van der Waals surface area (Å²) in [6, 6.07) is 11.7. The predicted molar refractivity (Wildman–Crippen MR) is 93.8 cm³/mol. The third kappa shape index (κ3) is 3.55. The first-order chi connectivity index (χ1) is 10.6. The number of benzene rings is 1. The molecule has 3 rings (SSSR count). The lowest BCUT2D eigenvalue weighted by atomic mass is 9.82. The number of hydrogen-bond acceptors (Lipinski definition) is 2. The summed E-state index contributed by atoms with van der Waals surface area (Å²) < 4.78 is 0. The van der Waals surface area contributed by atoms with Crippen molar-refractivity contribution in [2.45, 2.75) is 65.1 Å². The molecule has 3 unspecified atom stereocenters. The maximum absolute atomic E-state index is 3.81. The van der Waals surface area contributed by atoms with E-state index in [1.54, 1.807) is 0 Å². The SMILES string of the molecule is CC(C)(C)C1CC2CCCNC2N1CCCc1ccccc1. The second-order valence-corrected chi connectivity index (χ2v) is 8.25. The average molecular weight is 300 g/mol. The van der Waals surface area contributed by atoms with Gasteiger partial charge in [0, 0.05) is 12.6 Å². The highest BCUT2D eigenvalue weighted by molar-refractivity contribution is 5.14. The number of rotatable bonds is 4. The molecule has 2 nitrogen and oxygen atoms in total. The first-order valence-corrected chi connectivity index (χ1v) is 9.09. The van der Waals surface area contributed by atoms with Crippen molar-refractivity contribution < 1.29 is 0 Å². The van der Waals surface area contributed by atoms with Crippen molar-refractivity contribution in [3.63, 3.8) is 0 Å². The topological polar surface area (TPSA) is 15.3 Å². The minimum Gasteiger partial charge on any atom is -0.301 e. The van der Waals surface area contributed by atoms with Crippen molar-refractivity contribution in [2.75, 3.05) is 13.1 Å². The molecule has 1 N–H and O–H groups in total. The maximum atomic E-state index is 3.81. The molecule has 1 aromatic carbocycles. The Balaban J connectivity index is 1.63. The van der Waals surface area contributed by atoms with Crippen LogP contribution in [0.5, 0.6) is 0 Å². The Labute approximate surface area is 136 Å². The Kier molecular flexibility index (Phi) is 4.89. The Bertz CT molecular complexity index is 462. The maximum Gasteiger partial charge on any atom is 0.0629 e. The van der Waals surface area contributed by atoms with Crippen LogP contribution in [0.1, 0.15) is 52.0 Å². The first-order valence-electron chi connectivity index (χ1n) is 9.09. The van der Waals surface area contributed by atoms with E-state index in [2.05, 4.69) is 61.3 Å². The van der Waals surface area contributed by atoms with Crippen LogP contribution < -0.4 is 5.32 Å². The van der Waals surface area contributed by atoms with E-state index in [0.717, 1.165) is 12.0 Å². The van der Waals surface area contributed by atoms with Crippen molar-refractivity contribution in [2.24, 2.45) is 11.3 Å². The van der Waals surface area contributed by atoms with Gasteiger partial charge in [0.05, 0.1) is 6.17 Å². The summed E-state index contributed by atoms with van der Waals surface area (Å²) in [6.45, 7) is 9.68. The van der Waals surface area contributed by atoms with Crippen LogP contribution in [0.3, 0.4) is 0 Å². The molecule has 3 atom stereocenters. The third-order valence-electron chi connectivity index (χ3n) is 5.56. The van der Waals surface area contributed by atoms with Crippen LogP contribution in [0, 0.1) is 11.3 Å². The quantitative estimate of drug-likeness (QED) is 0.902. The van der Waals surface area contributed by atoms with E-state index in [0.29, 0.717) is 11.6 Å². The minimum absolute atomic E-state index is 0.381. The highest BCUT2D eigenvalue weighted by Gasteiger charge is 2.45. The standard InChI is InChI=1S/C20H32N2/c1-20(2,3)18-15-17-12-7-13-21-19(17)22(18)14-8-11-16-9-5-4-6-10-16/h4-6,9-10,17-19,21H,7-8,11-15H2,1-3H3. The van der Waals surface area contributed by atoms with Gasteiger partial charge in [-0.25, -0.2) is 0 Å². The number of piperidine rings is 1. The van der Waals surface area contributed by atoms with E-state index < -0.39 is 0 Å². The van der Waals surface area contributed by atoms with E-state index in [1.807, 2.05) is 0 Å². The second-order valence-electron chi connectivity index (χ2n) is 8.25.